The number of hydrogen-bond donors (Lipinski definition) is 1. The molecule has 1 fully saturated rings. The highest BCUT2D eigenvalue weighted by Crippen LogP contribution is 2.38. The van der Waals surface area contributed by atoms with Crippen LogP contribution in [0.5, 0.6) is 0 Å². The first kappa shape index (κ1) is 14.4. The minimum absolute atomic E-state index is 0.0319. The van der Waals surface area contributed by atoms with Crippen molar-refractivity contribution in [2.75, 3.05) is 0 Å². The average molecular weight is 271 g/mol. The van der Waals surface area contributed by atoms with Gasteiger partial charge in [0.15, 0.2) is 0 Å². The van der Waals surface area contributed by atoms with E-state index in [1.165, 1.54) is 0 Å². The Balaban J connectivity index is 1.92. The van der Waals surface area contributed by atoms with Crippen LogP contribution < -0.4 is 5.32 Å². The number of alkyl halides is 3. The fraction of sp³-hybridized carbons (Fsp3) is 0.600. The van der Waals surface area contributed by atoms with Gasteiger partial charge in [-0.1, -0.05) is 36.8 Å². The molecule has 2 rings (SSSR count). The largest absolute Gasteiger partial charge is 0.391 e. The fourth-order valence-corrected chi connectivity index (χ4v) is 2.83. The van der Waals surface area contributed by atoms with Gasteiger partial charge >= 0.3 is 6.18 Å². The van der Waals surface area contributed by atoms with Gasteiger partial charge in [0.05, 0.1) is 5.92 Å². The third-order valence-corrected chi connectivity index (χ3v) is 3.92. The van der Waals surface area contributed by atoms with E-state index in [1.807, 2.05) is 37.3 Å². The first-order chi connectivity index (χ1) is 8.97. The highest BCUT2D eigenvalue weighted by Gasteiger charge is 2.42. The maximum absolute atomic E-state index is 12.7. The maximum Gasteiger partial charge on any atom is 0.391 e. The smallest absolute Gasteiger partial charge is 0.307 e. The van der Waals surface area contributed by atoms with Crippen molar-refractivity contribution in [3.8, 4) is 0 Å². The Morgan fingerprint density at radius 3 is 2.47 bits per heavy atom. The van der Waals surface area contributed by atoms with Crippen molar-refractivity contribution in [3.63, 3.8) is 0 Å². The summed E-state index contributed by atoms with van der Waals surface area (Å²) < 4.78 is 38.2. The zero-order valence-corrected chi connectivity index (χ0v) is 11.1. The second kappa shape index (κ2) is 5.95. The molecule has 106 valence electrons. The molecule has 1 nitrogen and oxygen atoms in total. The molecule has 1 saturated carbocycles. The van der Waals surface area contributed by atoms with Gasteiger partial charge in [0.1, 0.15) is 0 Å². The van der Waals surface area contributed by atoms with E-state index in [0.717, 1.165) is 12.0 Å². The molecule has 0 radical (unpaired) electrons. The van der Waals surface area contributed by atoms with Gasteiger partial charge in [0, 0.05) is 12.1 Å². The van der Waals surface area contributed by atoms with Crippen molar-refractivity contribution in [3.05, 3.63) is 35.9 Å². The van der Waals surface area contributed by atoms with Crippen molar-refractivity contribution < 1.29 is 13.2 Å². The molecule has 0 bridgehead atoms. The van der Waals surface area contributed by atoms with Gasteiger partial charge in [-0.25, -0.2) is 0 Å². The standard InChI is InChI=1S/C15H20F3N/c1-11(12-6-3-2-4-7-12)19-14-9-5-8-13(10-14)15(16,17)18/h2-4,6-7,11,13-14,19H,5,8-10H2,1H3. The van der Waals surface area contributed by atoms with Crippen molar-refractivity contribution in [1.82, 2.24) is 5.32 Å². The van der Waals surface area contributed by atoms with Crippen LogP contribution in [0.15, 0.2) is 30.3 Å². The summed E-state index contributed by atoms with van der Waals surface area (Å²) in [6.45, 7) is 2.01. The van der Waals surface area contributed by atoms with Crippen LogP contribution in [0.4, 0.5) is 13.2 Å². The van der Waals surface area contributed by atoms with Crippen LogP contribution in [0.25, 0.3) is 0 Å². The van der Waals surface area contributed by atoms with Crippen LogP contribution >= 0.6 is 0 Å². The summed E-state index contributed by atoms with van der Waals surface area (Å²) in [6.07, 6.45) is -2.06. The first-order valence-corrected chi connectivity index (χ1v) is 6.84. The Morgan fingerprint density at radius 2 is 1.84 bits per heavy atom. The van der Waals surface area contributed by atoms with Crippen molar-refractivity contribution >= 4 is 0 Å². The monoisotopic (exact) mass is 271 g/mol. The van der Waals surface area contributed by atoms with Crippen LogP contribution in [0.2, 0.25) is 0 Å². The molecule has 0 spiro atoms. The van der Waals surface area contributed by atoms with Gasteiger partial charge in [-0.15, -0.1) is 0 Å². The molecule has 3 unspecified atom stereocenters. The number of halogens is 3. The lowest BCUT2D eigenvalue weighted by molar-refractivity contribution is -0.183. The van der Waals surface area contributed by atoms with E-state index in [4.69, 9.17) is 0 Å². The van der Waals surface area contributed by atoms with Gasteiger partial charge in [0.2, 0.25) is 0 Å². The van der Waals surface area contributed by atoms with Crippen molar-refractivity contribution in [2.24, 2.45) is 5.92 Å². The number of benzene rings is 1. The third kappa shape index (κ3) is 3.96. The quantitative estimate of drug-likeness (QED) is 0.856. The van der Waals surface area contributed by atoms with Gasteiger partial charge in [-0.2, -0.15) is 13.2 Å². The Kier molecular flexibility index (Phi) is 4.50. The molecule has 19 heavy (non-hydrogen) atoms. The Labute approximate surface area is 112 Å². The molecule has 1 aromatic carbocycles. The molecule has 4 heteroatoms. The molecule has 0 aromatic heterocycles. The lowest BCUT2D eigenvalue weighted by Gasteiger charge is -2.33. The van der Waals surface area contributed by atoms with E-state index in [1.54, 1.807) is 0 Å². The topological polar surface area (TPSA) is 12.0 Å². The summed E-state index contributed by atoms with van der Waals surface area (Å²) in [6, 6.07) is 9.91. The SMILES string of the molecule is CC(NC1CCCC(C(F)(F)F)C1)c1ccccc1. The van der Waals surface area contributed by atoms with E-state index >= 15 is 0 Å². The van der Waals surface area contributed by atoms with E-state index < -0.39 is 12.1 Å². The van der Waals surface area contributed by atoms with Gasteiger partial charge in [-0.3, -0.25) is 0 Å². The molecule has 0 heterocycles. The van der Waals surface area contributed by atoms with Crippen molar-refractivity contribution in [1.29, 1.82) is 0 Å². The molecule has 1 aliphatic rings. The summed E-state index contributed by atoms with van der Waals surface area (Å²) >= 11 is 0. The number of nitrogens with one attached hydrogen (secondary N) is 1. The van der Waals surface area contributed by atoms with E-state index in [2.05, 4.69) is 5.32 Å². The lowest BCUT2D eigenvalue weighted by atomic mass is 9.85. The van der Waals surface area contributed by atoms with Crippen LogP contribution in [-0.4, -0.2) is 12.2 Å². The molecule has 1 aromatic rings. The van der Waals surface area contributed by atoms with Crippen LogP contribution in [0.3, 0.4) is 0 Å². The number of rotatable bonds is 3. The Bertz CT molecular complexity index is 388. The van der Waals surface area contributed by atoms with Crippen LogP contribution in [0.1, 0.15) is 44.2 Å². The van der Waals surface area contributed by atoms with Crippen molar-refractivity contribution in [2.45, 2.75) is 50.9 Å². The summed E-state index contributed by atoms with van der Waals surface area (Å²) in [5.74, 6) is -1.14. The summed E-state index contributed by atoms with van der Waals surface area (Å²) in [7, 11) is 0. The van der Waals surface area contributed by atoms with Gasteiger partial charge in [-0.05, 0) is 31.7 Å². The Hall–Kier alpha value is -1.03. The first-order valence-electron chi connectivity index (χ1n) is 6.84. The average Bonchev–Trinajstić information content (AvgIpc) is 2.39. The van der Waals surface area contributed by atoms with Gasteiger partial charge in [0.25, 0.3) is 0 Å². The molecule has 3 atom stereocenters. The molecule has 0 aliphatic heterocycles. The molecule has 0 amide bonds. The minimum Gasteiger partial charge on any atom is -0.307 e. The summed E-state index contributed by atoms with van der Waals surface area (Å²) in [5.41, 5.74) is 1.12. The van der Waals surface area contributed by atoms with Crippen LogP contribution in [0, 0.1) is 5.92 Å². The zero-order valence-electron chi connectivity index (χ0n) is 11.1. The summed E-state index contributed by atoms with van der Waals surface area (Å²) in [4.78, 5) is 0. The molecule has 1 N–H and O–H groups in total. The zero-order chi connectivity index (χ0) is 13.9. The highest BCUT2D eigenvalue weighted by molar-refractivity contribution is 5.18. The maximum atomic E-state index is 12.7. The molecular formula is C15H20F3N. The van der Waals surface area contributed by atoms with Gasteiger partial charge < -0.3 is 5.32 Å². The van der Waals surface area contributed by atoms with E-state index in [9.17, 15) is 13.2 Å². The van der Waals surface area contributed by atoms with E-state index in [0.29, 0.717) is 6.42 Å². The van der Waals surface area contributed by atoms with E-state index in [-0.39, 0.29) is 24.9 Å². The predicted octanol–water partition coefficient (Wildman–Crippen LogP) is 4.46. The van der Waals surface area contributed by atoms with Crippen LogP contribution in [-0.2, 0) is 0 Å². The second-order valence-corrected chi connectivity index (χ2v) is 5.40. The molecule has 1 aliphatic carbocycles. The fourth-order valence-electron chi connectivity index (χ4n) is 2.83. The molecular weight excluding hydrogens is 251 g/mol. The summed E-state index contributed by atoms with van der Waals surface area (Å²) in [5, 5.41) is 3.34. The highest BCUT2D eigenvalue weighted by atomic mass is 19.4. The Morgan fingerprint density at radius 1 is 1.16 bits per heavy atom. The second-order valence-electron chi connectivity index (χ2n) is 5.40. The predicted molar refractivity (Wildman–Crippen MR) is 69.8 cm³/mol. The third-order valence-electron chi connectivity index (χ3n) is 3.92. The normalized spacial score (nSPS) is 26.1. The number of hydrogen-bond acceptors (Lipinski definition) is 1. The minimum atomic E-state index is -4.05. The lowest BCUT2D eigenvalue weighted by Crippen LogP contribution is -2.39. The molecule has 0 saturated heterocycles.